The molecule has 25 heavy (non-hydrogen) atoms. The maximum Gasteiger partial charge on any atom is 0.343 e. The summed E-state index contributed by atoms with van der Waals surface area (Å²) in [4.78, 5) is 24.4. The van der Waals surface area contributed by atoms with Crippen molar-refractivity contribution in [2.24, 2.45) is 0 Å². The average Bonchev–Trinajstić information content (AvgIpc) is 2.89. The highest BCUT2D eigenvalue weighted by Gasteiger charge is 2.22. The lowest BCUT2D eigenvalue weighted by atomic mass is 10.1. The molecule has 3 aromatic rings. The Balaban J connectivity index is 2.05. The van der Waals surface area contributed by atoms with Crippen molar-refractivity contribution < 1.29 is 23.5 Å². The summed E-state index contributed by atoms with van der Waals surface area (Å²) in [5.74, 6) is -0.240. The smallest absolute Gasteiger partial charge is 0.343 e. The van der Waals surface area contributed by atoms with Crippen molar-refractivity contribution in [3.8, 4) is 5.75 Å². The highest BCUT2D eigenvalue weighted by Crippen LogP contribution is 2.35. The number of hydrogen-bond donors (Lipinski definition) is 0. The number of hydrogen-bond acceptors (Lipinski definition) is 5. The van der Waals surface area contributed by atoms with Crippen LogP contribution in [0.3, 0.4) is 0 Å². The van der Waals surface area contributed by atoms with E-state index in [1.165, 1.54) is 7.11 Å². The van der Waals surface area contributed by atoms with Gasteiger partial charge >= 0.3 is 11.9 Å². The highest BCUT2D eigenvalue weighted by molar-refractivity contribution is 9.10. The third-order valence-corrected chi connectivity index (χ3v) is 4.50. The van der Waals surface area contributed by atoms with Crippen LogP contribution in [0.15, 0.2) is 45.3 Å². The average molecular weight is 403 g/mol. The molecule has 3 rings (SSSR count). The largest absolute Gasteiger partial charge is 0.465 e. The molecule has 1 aromatic heterocycles. The van der Waals surface area contributed by atoms with Crippen LogP contribution in [0.25, 0.3) is 11.0 Å². The van der Waals surface area contributed by atoms with Crippen molar-refractivity contribution >= 4 is 38.8 Å². The Morgan fingerprint density at radius 2 is 1.80 bits per heavy atom. The minimum absolute atomic E-state index is 0.298. The predicted octanol–water partition coefficient (Wildman–Crippen LogP) is 4.82. The molecular weight excluding hydrogens is 388 g/mol. The second-order valence-electron chi connectivity index (χ2n) is 5.51. The van der Waals surface area contributed by atoms with E-state index in [1.54, 1.807) is 31.2 Å². The minimum atomic E-state index is -0.505. The second kappa shape index (κ2) is 6.72. The van der Waals surface area contributed by atoms with Gasteiger partial charge in [-0.05, 0) is 53.5 Å². The van der Waals surface area contributed by atoms with Gasteiger partial charge in [-0.15, -0.1) is 0 Å². The second-order valence-corrected chi connectivity index (χ2v) is 6.36. The van der Waals surface area contributed by atoms with Crippen molar-refractivity contribution in [3.05, 3.63) is 63.3 Å². The number of methoxy groups -OCH3 is 1. The van der Waals surface area contributed by atoms with Gasteiger partial charge in [-0.2, -0.15) is 0 Å². The zero-order valence-electron chi connectivity index (χ0n) is 13.9. The van der Waals surface area contributed by atoms with Crippen LogP contribution in [0.1, 0.15) is 32.0 Å². The monoisotopic (exact) mass is 402 g/mol. The summed E-state index contributed by atoms with van der Waals surface area (Å²) in [6, 6.07) is 10.4. The van der Waals surface area contributed by atoms with Gasteiger partial charge in [0.15, 0.2) is 0 Å². The van der Waals surface area contributed by atoms with Gasteiger partial charge in [0.05, 0.1) is 17.1 Å². The first kappa shape index (κ1) is 17.2. The summed E-state index contributed by atoms with van der Waals surface area (Å²) >= 11 is 3.37. The van der Waals surface area contributed by atoms with Gasteiger partial charge in [0.1, 0.15) is 22.7 Å². The normalized spacial score (nSPS) is 10.7. The van der Waals surface area contributed by atoms with Gasteiger partial charge in [-0.3, -0.25) is 0 Å². The molecule has 0 bridgehead atoms. The van der Waals surface area contributed by atoms with Gasteiger partial charge in [-0.25, -0.2) is 9.59 Å². The van der Waals surface area contributed by atoms with E-state index < -0.39 is 11.9 Å². The standard InChI is InChI=1S/C19H15BrO5/c1-10-6-4-5-7-12(10)18(21)25-16-8-13-15(9-14(16)20)24-11(2)17(13)19(22)23-3/h4-9H,1-3H3. The van der Waals surface area contributed by atoms with Gasteiger partial charge in [-0.1, -0.05) is 18.2 Å². The molecule has 6 heteroatoms. The number of furan rings is 1. The third kappa shape index (κ3) is 3.17. The van der Waals surface area contributed by atoms with E-state index in [9.17, 15) is 9.59 Å². The Morgan fingerprint density at radius 1 is 1.08 bits per heavy atom. The Hall–Kier alpha value is -2.60. The van der Waals surface area contributed by atoms with Crippen molar-refractivity contribution in [1.82, 2.24) is 0 Å². The molecule has 0 radical (unpaired) electrons. The molecule has 128 valence electrons. The van der Waals surface area contributed by atoms with Crippen molar-refractivity contribution in [2.45, 2.75) is 13.8 Å². The Kier molecular flexibility index (Phi) is 4.63. The first-order chi connectivity index (χ1) is 11.9. The van der Waals surface area contributed by atoms with Crippen LogP contribution in [-0.4, -0.2) is 19.0 Å². The van der Waals surface area contributed by atoms with Crippen LogP contribution < -0.4 is 4.74 Å². The van der Waals surface area contributed by atoms with Crippen LogP contribution in [0.4, 0.5) is 0 Å². The van der Waals surface area contributed by atoms with E-state index in [-0.39, 0.29) is 0 Å². The number of esters is 2. The van der Waals surface area contributed by atoms with Crippen LogP contribution in [0, 0.1) is 13.8 Å². The Labute approximate surface area is 152 Å². The number of benzene rings is 2. The van der Waals surface area contributed by atoms with Gasteiger partial charge in [0.2, 0.25) is 0 Å². The van der Waals surface area contributed by atoms with Gasteiger partial charge in [0.25, 0.3) is 0 Å². The summed E-state index contributed by atoms with van der Waals surface area (Å²) in [7, 11) is 1.30. The SMILES string of the molecule is COC(=O)c1c(C)oc2cc(Br)c(OC(=O)c3ccccc3C)cc12. The molecule has 0 aliphatic rings. The van der Waals surface area contributed by atoms with E-state index in [1.807, 2.05) is 19.1 Å². The van der Waals surface area contributed by atoms with E-state index >= 15 is 0 Å². The number of halogens is 1. The van der Waals surface area contributed by atoms with E-state index in [0.29, 0.717) is 38.1 Å². The lowest BCUT2D eigenvalue weighted by Crippen LogP contribution is -2.10. The predicted molar refractivity (Wildman–Crippen MR) is 96.1 cm³/mol. The first-order valence-corrected chi connectivity index (χ1v) is 8.30. The quantitative estimate of drug-likeness (QED) is 0.464. The molecule has 2 aromatic carbocycles. The third-order valence-electron chi connectivity index (χ3n) is 3.88. The number of carbonyl (C=O) groups is 2. The van der Waals surface area contributed by atoms with Crippen LogP contribution in [0.2, 0.25) is 0 Å². The minimum Gasteiger partial charge on any atom is -0.465 e. The number of carbonyl (C=O) groups excluding carboxylic acids is 2. The molecule has 1 heterocycles. The van der Waals surface area contributed by atoms with Crippen LogP contribution in [0.5, 0.6) is 5.75 Å². The zero-order chi connectivity index (χ0) is 18.1. The summed E-state index contributed by atoms with van der Waals surface area (Å²) in [5.41, 5.74) is 2.11. The Morgan fingerprint density at radius 3 is 2.48 bits per heavy atom. The van der Waals surface area contributed by atoms with E-state index in [0.717, 1.165) is 5.56 Å². The van der Waals surface area contributed by atoms with Crippen LogP contribution >= 0.6 is 15.9 Å². The van der Waals surface area contributed by atoms with Crippen molar-refractivity contribution in [1.29, 1.82) is 0 Å². The molecule has 0 aliphatic carbocycles. The molecule has 0 atom stereocenters. The molecule has 0 aliphatic heterocycles. The topological polar surface area (TPSA) is 65.7 Å². The van der Waals surface area contributed by atoms with Gasteiger partial charge in [0, 0.05) is 5.39 Å². The van der Waals surface area contributed by atoms with Crippen LogP contribution in [-0.2, 0) is 4.74 Å². The molecule has 0 saturated carbocycles. The summed E-state index contributed by atoms with van der Waals surface area (Å²) in [6.07, 6.45) is 0. The van der Waals surface area contributed by atoms with Crippen molar-refractivity contribution in [2.75, 3.05) is 7.11 Å². The molecular formula is C19H15BrO5. The first-order valence-electron chi connectivity index (χ1n) is 7.51. The molecule has 0 saturated heterocycles. The highest BCUT2D eigenvalue weighted by atomic mass is 79.9. The molecule has 0 amide bonds. The lowest BCUT2D eigenvalue weighted by molar-refractivity contribution is 0.0600. The Bertz CT molecular complexity index is 987. The van der Waals surface area contributed by atoms with Crippen molar-refractivity contribution in [3.63, 3.8) is 0 Å². The molecule has 0 unspecified atom stereocenters. The summed E-state index contributed by atoms with van der Waals surface area (Å²) < 4.78 is 16.5. The van der Waals surface area contributed by atoms with Gasteiger partial charge < -0.3 is 13.9 Å². The fourth-order valence-corrected chi connectivity index (χ4v) is 3.01. The molecule has 5 nitrogen and oxygen atoms in total. The number of ether oxygens (including phenoxy) is 2. The summed E-state index contributed by atoms with van der Waals surface area (Å²) in [5, 5.41) is 0.528. The maximum absolute atomic E-state index is 12.4. The zero-order valence-corrected chi connectivity index (χ0v) is 15.5. The molecule has 0 spiro atoms. The fourth-order valence-electron chi connectivity index (χ4n) is 2.61. The summed E-state index contributed by atoms with van der Waals surface area (Å²) in [6.45, 7) is 3.52. The fraction of sp³-hybridized carbons (Fsp3) is 0.158. The molecule has 0 fully saturated rings. The lowest BCUT2D eigenvalue weighted by Gasteiger charge is -2.08. The number of fused-ring (bicyclic) bond motifs is 1. The van der Waals surface area contributed by atoms with E-state index in [2.05, 4.69) is 15.9 Å². The number of rotatable bonds is 3. The molecule has 0 N–H and O–H groups in total. The number of aryl methyl sites for hydroxylation is 2. The maximum atomic E-state index is 12.4. The van der Waals surface area contributed by atoms with E-state index in [4.69, 9.17) is 13.9 Å².